The molecule has 0 aliphatic rings. The van der Waals surface area contributed by atoms with Crippen LogP contribution >= 0.6 is 34.4 Å². The number of carbonyl (C=O) groups is 1. The number of thiazole rings is 1. The van der Waals surface area contributed by atoms with Crippen LogP contribution in [-0.4, -0.2) is 20.4 Å². The number of para-hydroxylation sites is 1. The molecular formula is C21H19FN4O2S3. The van der Waals surface area contributed by atoms with E-state index >= 15 is 0 Å². The second kappa shape index (κ2) is 8.52. The van der Waals surface area contributed by atoms with Gasteiger partial charge in [0.1, 0.15) is 10.6 Å². The van der Waals surface area contributed by atoms with Crippen molar-refractivity contribution in [3.05, 3.63) is 62.0 Å². The Hall–Kier alpha value is -2.56. The Labute approximate surface area is 190 Å². The molecule has 4 aromatic rings. The lowest BCUT2D eigenvalue weighted by Gasteiger charge is -2.18. The molecule has 0 saturated heterocycles. The van der Waals surface area contributed by atoms with Crippen LogP contribution in [0.4, 0.5) is 15.2 Å². The van der Waals surface area contributed by atoms with E-state index in [0.29, 0.717) is 21.4 Å². The standard InChI is InChI=1S/C21H19FN4O2S3/c1-11-12(2)31-18-17(11)19(28)25(4)20(24-18)29-9-14-10-30-21(23-14)26(13(3)27)16-8-6-5-7-15(16)22/h5-8,10H,9H2,1-4H3. The summed E-state index contributed by atoms with van der Waals surface area (Å²) in [5, 5.41) is 3.50. The van der Waals surface area contributed by atoms with Crippen molar-refractivity contribution in [2.75, 3.05) is 4.90 Å². The van der Waals surface area contributed by atoms with Crippen LogP contribution in [0.3, 0.4) is 0 Å². The van der Waals surface area contributed by atoms with Gasteiger partial charge in [0.2, 0.25) is 5.91 Å². The molecule has 160 valence electrons. The second-order valence-electron chi connectivity index (χ2n) is 6.94. The largest absolute Gasteiger partial charge is 0.290 e. The maximum Gasteiger partial charge on any atom is 0.262 e. The molecule has 10 heteroatoms. The molecule has 6 nitrogen and oxygen atoms in total. The predicted octanol–water partition coefficient (Wildman–Crippen LogP) is 5.18. The molecule has 3 heterocycles. The minimum absolute atomic E-state index is 0.0596. The molecule has 0 N–H and O–H groups in total. The predicted molar refractivity (Wildman–Crippen MR) is 125 cm³/mol. The molecule has 0 radical (unpaired) electrons. The van der Waals surface area contributed by atoms with E-state index in [-0.39, 0.29) is 17.2 Å². The van der Waals surface area contributed by atoms with E-state index in [1.165, 1.54) is 52.3 Å². The average Bonchev–Trinajstić information content (AvgIpc) is 3.29. The highest BCUT2D eigenvalue weighted by Crippen LogP contribution is 2.33. The molecule has 0 saturated carbocycles. The number of benzene rings is 1. The summed E-state index contributed by atoms with van der Waals surface area (Å²) in [4.78, 5) is 37.3. The molecule has 1 amide bonds. The zero-order chi connectivity index (χ0) is 22.3. The van der Waals surface area contributed by atoms with Crippen LogP contribution in [0, 0.1) is 19.7 Å². The topological polar surface area (TPSA) is 68.1 Å². The van der Waals surface area contributed by atoms with Crippen molar-refractivity contribution in [2.24, 2.45) is 7.05 Å². The highest BCUT2D eigenvalue weighted by Gasteiger charge is 2.21. The van der Waals surface area contributed by atoms with Gasteiger partial charge < -0.3 is 0 Å². The molecule has 3 aromatic heterocycles. The summed E-state index contributed by atoms with van der Waals surface area (Å²) in [6.07, 6.45) is 0. The first-order valence-corrected chi connectivity index (χ1v) is 12.0. The molecule has 4 rings (SSSR count). The fourth-order valence-corrected chi connectivity index (χ4v) is 6.05. The number of halogens is 1. The number of anilines is 2. The number of thiophene rings is 1. The third kappa shape index (κ3) is 4.02. The molecule has 0 spiro atoms. The summed E-state index contributed by atoms with van der Waals surface area (Å²) >= 11 is 4.19. The van der Waals surface area contributed by atoms with Gasteiger partial charge in [-0.1, -0.05) is 23.9 Å². The number of thioether (sulfide) groups is 1. The lowest BCUT2D eigenvalue weighted by atomic mass is 10.2. The van der Waals surface area contributed by atoms with Crippen LogP contribution in [0.25, 0.3) is 10.2 Å². The Morgan fingerprint density at radius 3 is 2.71 bits per heavy atom. The van der Waals surface area contributed by atoms with Gasteiger partial charge in [0, 0.05) is 30.0 Å². The molecule has 1 aromatic carbocycles. The van der Waals surface area contributed by atoms with Gasteiger partial charge >= 0.3 is 0 Å². The maximum atomic E-state index is 14.2. The lowest BCUT2D eigenvalue weighted by Crippen LogP contribution is -2.23. The quantitative estimate of drug-likeness (QED) is 0.294. The molecule has 31 heavy (non-hydrogen) atoms. The van der Waals surface area contributed by atoms with Gasteiger partial charge in [0.25, 0.3) is 5.56 Å². The van der Waals surface area contributed by atoms with E-state index in [1.807, 2.05) is 19.2 Å². The molecule has 0 fully saturated rings. The normalized spacial score (nSPS) is 11.3. The fourth-order valence-electron chi connectivity index (χ4n) is 3.13. The van der Waals surface area contributed by atoms with Crippen molar-refractivity contribution < 1.29 is 9.18 Å². The Morgan fingerprint density at radius 2 is 2.00 bits per heavy atom. The third-order valence-corrected chi connectivity index (χ3v) is 7.90. The van der Waals surface area contributed by atoms with Gasteiger partial charge in [-0.15, -0.1) is 22.7 Å². The first-order chi connectivity index (χ1) is 14.8. The first kappa shape index (κ1) is 21.7. The van der Waals surface area contributed by atoms with Gasteiger partial charge in [-0.2, -0.15) is 0 Å². The average molecular weight is 475 g/mol. The zero-order valence-corrected chi connectivity index (χ0v) is 19.8. The van der Waals surface area contributed by atoms with Crippen LogP contribution in [-0.2, 0) is 17.6 Å². The highest BCUT2D eigenvalue weighted by atomic mass is 32.2. The minimum Gasteiger partial charge on any atom is -0.290 e. The zero-order valence-electron chi connectivity index (χ0n) is 17.3. The number of nitrogens with zero attached hydrogens (tertiary/aromatic N) is 4. The van der Waals surface area contributed by atoms with Crippen molar-refractivity contribution >= 4 is 61.4 Å². The Balaban J connectivity index is 1.60. The van der Waals surface area contributed by atoms with Gasteiger partial charge in [-0.25, -0.2) is 14.4 Å². The van der Waals surface area contributed by atoms with Crippen molar-refractivity contribution in [3.8, 4) is 0 Å². The van der Waals surface area contributed by atoms with E-state index in [2.05, 4.69) is 9.97 Å². The molecule has 0 unspecified atom stereocenters. The number of carbonyl (C=O) groups excluding carboxylic acids is 1. The van der Waals surface area contributed by atoms with Crippen LogP contribution in [0.2, 0.25) is 0 Å². The monoisotopic (exact) mass is 474 g/mol. The highest BCUT2D eigenvalue weighted by molar-refractivity contribution is 7.98. The van der Waals surface area contributed by atoms with Crippen molar-refractivity contribution in [3.63, 3.8) is 0 Å². The number of rotatable bonds is 5. The second-order valence-corrected chi connectivity index (χ2v) is 9.92. The van der Waals surface area contributed by atoms with Crippen LogP contribution in [0.1, 0.15) is 23.1 Å². The van der Waals surface area contributed by atoms with Crippen LogP contribution in [0.15, 0.2) is 39.6 Å². The summed E-state index contributed by atoms with van der Waals surface area (Å²) in [5.74, 6) is -0.344. The summed E-state index contributed by atoms with van der Waals surface area (Å²) in [6, 6.07) is 6.11. The van der Waals surface area contributed by atoms with Crippen molar-refractivity contribution in [1.82, 2.24) is 14.5 Å². The minimum atomic E-state index is -0.488. The van der Waals surface area contributed by atoms with E-state index in [9.17, 15) is 14.0 Å². The Bertz CT molecular complexity index is 1360. The SMILES string of the molecule is CC(=O)N(c1nc(CSc2nc3sc(C)c(C)c3c(=O)n2C)cs1)c1ccccc1F. The van der Waals surface area contributed by atoms with Crippen molar-refractivity contribution in [2.45, 2.75) is 31.7 Å². The lowest BCUT2D eigenvalue weighted by molar-refractivity contribution is -0.115. The van der Waals surface area contributed by atoms with E-state index in [4.69, 9.17) is 0 Å². The molecular weight excluding hydrogens is 455 g/mol. The Morgan fingerprint density at radius 1 is 1.26 bits per heavy atom. The maximum absolute atomic E-state index is 14.2. The number of fused-ring (bicyclic) bond motifs is 1. The molecule has 0 bridgehead atoms. The smallest absolute Gasteiger partial charge is 0.262 e. The number of hydrogen-bond donors (Lipinski definition) is 0. The third-order valence-electron chi connectivity index (χ3n) is 4.86. The van der Waals surface area contributed by atoms with Crippen molar-refractivity contribution in [1.29, 1.82) is 0 Å². The van der Waals surface area contributed by atoms with Gasteiger partial charge in [0.15, 0.2) is 10.3 Å². The fraction of sp³-hybridized carbons (Fsp3) is 0.238. The number of aromatic nitrogens is 3. The molecule has 0 aliphatic carbocycles. The summed E-state index contributed by atoms with van der Waals surface area (Å²) in [7, 11) is 1.71. The summed E-state index contributed by atoms with van der Waals surface area (Å²) in [6.45, 7) is 5.31. The van der Waals surface area contributed by atoms with Gasteiger partial charge in [0.05, 0.1) is 16.8 Å². The molecule has 0 atom stereocenters. The summed E-state index contributed by atoms with van der Waals surface area (Å²) < 4.78 is 15.8. The summed E-state index contributed by atoms with van der Waals surface area (Å²) in [5.41, 5.74) is 1.81. The van der Waals surface area contributed by atoms with E-state index < -0.39 is 5.82 Å². The van der Waals surface area contributed by atoms with Gasteiger partial charge in [-0.05, 0) is 31.5 Å². The van der Waals surface area contributed by atoms with E-state index in [1.54, 1.807) is 29.8 Å². The van der Waals surface area contributed by atoms with Crippen LogP contribution < -0.4 is 10.5 Å². The number of aryl methyl sites for hydroxylation is 2. The van der Waals surface area contributed by atoms with Gasteiger partial charge in [-0.3, -0.25) is 19.1 Å². The number of hydrogen-bond acceptors (Lipinski definition) is 7. The van der Waals surface area contributed by atoms with Crippen LogP contribution in [0.5, 0.6) is 0 Å². The molecule has 0 aliphatic heterocycles. The van der Waals surface area contributed by atoms with E-state index in [0.717, 1.165) is 21.0 Å². The Kier molecular flexibility index (Phi) is 5.96. The number of amides is 1. The first-order valence-electron chi connectivity index (χ1n) is 9.37.